The summed E-state index contributed by atoms with van der Waals surface area (Å²) in [7, 11) is 1.59. The molecule has 0 saturated heterocycles. The minimum absolute atomic E-state index is 0.148. The molecule has 0 saturated carbocycles. The predicted octanol–water partition coefficient (Wildman–Crippen LogP) is 5.37. The van der Waals surface area contributed by atoms with Crippen molar-refractivity contribution in [1.82, 2.24) is 14.7 Å². The highest BCUT2D eigenvalue weighted by atomic mass is 35.5. The summed E-state index contributed by atoms with van der Waals surface area (Å²) >= 11 is 5.97. The van der Waals surface area contributed by atoms with Crippen molar-refractivity contribution in [3.63, 3.8) is 0 Å². The third-order valence-corrected chi connectivity index (χ3v) is 5.27. The van der Waals surface area contributed by atoms with E-state index in [1.807, 2.05) is 48.5 Å². The van der Waals surface area contributed by atoms with Crippen molar-refractivity contribution in [2.45, 2.75) is 0 Å². The zero-order valence-electron chi connectivity index (χ0n) is 16.4. The Labute approximate surface area is 182 Å². The van der Waals surface area contributed by atoms with E-state index in [2.05, 4.69) is 10.1 Å². The smallest absolute Gasteiger partial charge is 0.262 e. The molecule has 6 nitrogen and oxygen atoms in total. The third-order valence-electron chi connectivity index (χ3n) is 5.01. The number of hydrogen-bond acceptors (Lipinski definition) is 5. The molecule has 0 aliphatic rings. The Morgan fingerprint density at radius 2 is 1.74 bits per heavy atom. The maximum absolute atomic E-state index is 13.2. The van der Waals surface area contributed by atoms with Gasteiger partial charge in [0.15, 0.2) is 0 Å². The van der Waals surface area contributed by atoms with Crippen molar-refractivity contribution in [3.05, 3.63) is 94.4 Å². The van der Waals surface area contributed by atoms with E-state index in [0.29, 0.717) is 39.1 Å². The Kier molecular flexibility index (Phi) is 4.76. The number of aromatic nitrogens is 3. The molecule has 0 spiro atoms. The van der Waals surface area contributed by atoms with Gasteiger partial charge in [0.05, 0.1) is 18.4 Å². The van der Waals surface area contributed by atoms with E-state index in [-0.39, 0.29) is 5.56 Å². The molecular weight excluding hydrogens is 414 g/mol. The number of pyridine rings is 1. The fraction of sp³-hybridized carbons (Fsp3) is 0.0417. The van der Waals surface area contributed by atoms with Gasteiger partial charge in [-0.15, -0.1) is 0 Å². The molecule has 0 unspecified atom stereocenters. The van der Waals surface area contributed by atoms with Crippen molar-refractivity contribution < 1.29 is 9.26 Å². The van der Waals surface area contributed by atoms with Gasteiger partial charge in [-0.1, -0.05) is 41.0 Å². The molecule has 0 N–H and O–H groups in total. The van der Waals surface area contributed by atoms with Crippen molar-refractivity contribution in [3.8, 4) is 34.3 Å². The van der Waals surface area contributed by atoms with E-state index in [1.165, 1.54) is 0 Å². The SMILES string of the molecule is COc1cccc(-n2cc(-c3nc(-c4ccc(Cl)cc4)no3)c3ccccc3c2=O)c1. The molecule has 5 rings (SSSR count). The van der Waals surface area contributed by atoms with Crippen molar-refractivity contribution >= 4 is 22.4 Å². The fourth-order valence-corrected chi connectivity index (χ4v) is 3.59. The lowest BCUT2D eigenvalue weighted by Gasteiger charge is -2.11. The highest BCUT2D eigenvalue weighted by Gasteiger charge is 2.17. The van der Waals surface area contributed by atoms with Crippen LogP contribution in [0.5, 0.6) is 5.75 Å². The van der Waals surface area contributed by atoms with E-state index in [0.717, 1.165) is 10.9 Å². The first-order chi connectivity index (χ1) is 15.1. The number of hydrogen-bond donors (Lipinski definition) is 0. The maximum Gasteiger partial charge on any atom is 0.262 e. The third kappa shape index (κ3) is 3.47. The maximum atomic E-state index is 13.2. The second-order valence-electron chi connectivity index (χ2n) is 6.90. The zero-order valence-corrected chi connectivity index (χ0v) is 17.2. The molecule has 31 heavy (non-hydrogen) atoms. The number of fused-ring (bicyclic) bond motifs is 1. The van der Waals surface area contributed by atoms with Gasteiger partial charge in [-0.25, -0.2) is 0 Å². The number of methoxy groups -OCH3 is 1. The van der Waals surface area contributed by atoms with Crippen LogP contribution >= 0.6 is 11.6 Å². The molecule has 7 heteroatoms. The molecule has 0 atom stereocenters. The van der Waals surface area contributed by atoms with E-state index in [9.17, 15) is 4.79 Å². The van der Waals surface area contributed by atoms with Crippen LogP contribution < -0.4 is 10.3 Å². The molecule has 0 aliphatic carbocycles. The van der Waals surface area contributed by atoms with Gasteiger partial charge in [-0.3, -0.25) is 9.36 Å². The molecule has 0 amide bonds. The Bertz CT molecular complexity index is 1460. The van der Waals surface area contributed by atoms with E-state index in [1.54, 1.807) is 42.1 Å². The topological polar surface area (TPSA) is 70.2 Å². The average Bonchev–Trinajstić information content (AvgIpc) is 3.30. The minimum Gasteiger partial charge on any atom is -0.497 e. The van der Waals surface area contributed by atoms with E-state index < -0.39 is 0 Å². The molecule has 3 aromatic carbocycles. The van der Waals surface area contributed by atoms with Crippen LogP contribution in [0.1, 0.15) is 0 Å². The van der Waals surface area contributed by atoms with Crippen LogP contribution in [0, 0.1) is 0 Å². The predicted molar refractivity (Wildman–Crippen MR) is 120 cm³/mol. The van der Waals surface area contributed by atoms with Gasteiger partial charge in [0, 0.05) is 33.6 Å². The van der Waals surface area contributed by atoms with Gasteiger partial charge >= 0.3 is 0 Å². The molecule has 0 aliphatic heterocycles. The molecule has 2 heterocycles. The first kappa shape index (κ1) is 19.1. The lowest BCUT2D eigenvalue weighted by atomic mass is 10.1. The summed E-state index contributed by atoms with van der Waals surface area (Å²) in [5.41, 5.74) is 1.97. The van der Waals surface area contributed by atoms with Gasteiger partial charge in [0.1, 0.15) is 5.75 Å². The summed E-state index contributed by atoms with van der Waals surface area (Å²) in [5, 5.41) is 6.03. The number of nitrogens with zero attached hydrogens (tertiary/aromatic N) is 3. The van der Waals surface area contributed by atoms with Crippen molar-refractivity contribution in [1.29, 1.82) is 0 Å². The Morgan fingerprint density at radius 1 is 0.968 bits per heavy atom. The number of rotatable bonds is 4. The van der Waals surface area contributed by atoms with Crippen LogP contribution in [0.2, 0.25) is 5.02 Å². The van der Waals surface area contributed by atoms with E-state index >= 15 is 0 Å². The molecule has 2 aromatic heterocycles. The van der Waals surface area contributed by atoms with Crippen LogP contribution in [0.4, 0.5) is 0 Å². The molecular formula is C24H16ClN3O3. The summed E-state index contributed by atoms with van der Waals surface area (Å²) < 4.78 is 12.5. The fourth-order valence-electron chi connectivity index (χ4n) is 3.46. The number of ether oxygens (including phenoxy) is 1. The van der Waals surface area contributed by atoms with Crippen LogP contribution in [-0.2, 0) is 0 Å². The van der Waals surface area contributed by atoms with Gasteiger partial charge in [0.25, 0.3) is 11.4 Å². The van der Waals surface area contributed by atoms with Gasteiger partial charge < -0.3 is 9.26 Å². The van der Waals surface area contributed by atoms with Gasteiger partial charge in [-0.05, 0) is 42.5 Å². The van der Waals surface area contributed by atoms with Gasteiger partial charge in [-0.2, -0.15) is 4.98 Å². The average molecular weight is 430 g/mol. The quantitative estimate of drug-likeness (QED) is 0.384. The van der Waals surface area contributed by atoms with Gasteiger partial charge in [0.2, 0.25) is 5.82 Å². The Balaban J connectivity index is 1.71. The molecule has 152 valence electrons. The molecule has 0 bridgehead atoms. The van der Waals surface area contributed by atoms with Crippen LogP contribution in [0.3, 0.4) is 0 Å². The van der Waals surface area contributed by atoms with Crippen LogP contribution in [0.25, 0.3) is 39.3 Å². The minimum atomic E-state index is -0.148. The first-order valence-corrected chi connectivity index (χ1v) is 9.91. The van der Waals surface area contributed by atoms with Crippen LogP contribution in [-0.4, -0.2) is 21.8 Å². The molecule has 0 fully saturated rings. The summed E-state index contributed by atoms with van der Waals surface area (Å²) in [6.45, 7) is 0. The standard InChI is InChI=1S/C24H16ClN3O3/c1-30-18-6-4-5-17(13-18)28-14-21(19-7-2-3-8-20(19)24(28)29)23-26-22(27-31-23)15-9-11-16(25)12-10-15/h2-14H,1H3. The lowest BCUT2D eigenvalue weighted by Crippen LogP contribution is -2.18. The van der Waals surface area contributed by atoms with Crippen molar-refractivity contribution in [2.75, 3.05) is 7.11 Å². The normalized spacial score (nSPS) is 11.0. The molecule has 5 aromatic rings. The summed E-state index contributed by atoms with van der Waals surface area (Å²) in [6, 6.07) is 21.8. The second-order valence-corrected chi connectivity index (χ2v) is 7.33. The summed E-state index contributed by atoms with van der Waals surface area (Å²) in [5.74, 6) is 1.41. The highest BCUT2D eigenvalue weighted by Crippen LogP contribution is 2.29. The summed E-state index contributed by atoms with van der Waals surface area (Å²) in [6.07, 6.45) is 1.72. The Hall–Kier alpha value is -3.90. The highest BCUT2D eigenvalue weighted by molar-refractivity contribution is 6.30. The Morgan fingerprint density at radius 3 is 2.52 bits per heavy atom. The van der Waals surface area contributed by atoms with Crippen molar-refractivity contribution in [2.24, 2.45) is 0 Å². The lowest BCUT2D eigenvalue weighted by molar-refractivity contribution is 0.414. The zero-order chi connectivity index (χ0) is 21.4. The largest absolute Gasteiger partial charge is 0.497 e. The monoisotopic (exact) mass is 429 g/mol. The first-order valence-electron chi connectivity index (χ1n) is 9.53. The van der Waals surface area contributed by atoms with Crippen LogP contribution in [0.15, 0.2) is 88.3 Å². The molecule has 0 radical (unpaired) electrons. The summed E-state index contributed by atoms with van der Waals surface area (Å²) in [4.78, 5) is 17.8. The second kappa shape index (κ2) is 7.74. The number of halogens is 1. The number of benzene rings is 3. The van der Waals surface area contributed by atoms with E-state index in [4.69, 9.17) is 20.9 Å².